The van der Waals surface area contributed by atoms with Gasteiger partial charge >= 0.3 is 0 Å². The van der Waals surface area contributed by atoms with E-state index in [0.717, 1.165) is 67.9 Å². The number of ether oxygens (including phenoxy) is 1. The molecule has 5 nitrogen and oxygen atoms in total. The molecule has 0 radical (unpaired) electrons. The van der Waals surface area contributed by atoms with Crippen LogP contribution < -0.4 is 10.1 Å². The predicted molar refractivity (Wildman–Crippen MR) is 98.4 cm³/mol. The quantitative estimate of drug-likeness (QED) is 0.826. The molecular formula is C18H26BrN3O2. The number of hydrogen-bond acceptors (Lipinski definition) is 4. The molecule has 1 amide bonds. The number of halogens is 1. The Morgan fingerprint density at radius 2 is 2.12 bits per heavy atom. The van der Waals surface area contributed by atoms with Crippen molar-refractivity contribution >= 4 is 21.8 Å². The number of amides is 1. The molecule has 1 unspecified atom stereocenters. The number of aryl methyl sites for hydroxylation is 1. The predicted octanol–water partition coefficient (Wildman–Crippen LogP) is 1.90. The van der Waals surface area contributed by atoms with Gasteiger partial charge in [-0.25, -0.2) is 0 Å². The lowest BCUT2D eigenvalue weighted by Gasteiger charge is -2.32. The molecule has 1 aromatic rings. The Balaban J connectivity index is 1.48. The van der Waals surface area contributed by atoms with Crippen LogP contribution in [0.4, 0.5) is 0 Å². The first-order valence-corrected chi connectivity index (χ1v) is 9.51. The summed E-state index contributed by atoms with van der Waals surface area (Å²) in [6.45, 7) is 6.14. The Hall–Kier alpha value is -1.11. The lowest BCUT2D eigenvalue weighted by molar-refractivity contribution is -0.130. The highest BCUT2D eigenvalue weighted by Gasteiger charge is 2.30. The van der Waals surface area contributed by atoms with Gasteiger partial charge in [-0.1, -0.05) is 6.07 Å². The molecule has 0 saturated carbocycles. The standard InChI is InChI=1S/C18H26BrN3O2/c1-24-17-4-2-14(12-16(17)19)3-5-18(23)22-9-6-15(13-22)21-10-7-20-8-11-21/h2,4,12,15,20H,3,5-11,13H2,1H3. The molecule has 1 atom stereocenters. The molecule has 0 aromatic heterocycles. The molecule has 24 heavy (non-hydrogen) atoms. The number of rotatable bonds is 5. The van der Waals surface area contributed by atoms with Crippen LogP contribution in [0.2, 0.25) is 0 Å². The van der Waals surface area contributed by atoms with Crippen molar-refractivity contribution in [1.82, 2.24) is 15.1 Å². The first-order chi connectivity index (χ1) is 11.7. The zero-order valence-corrected chi connectivity index (χ0v) is 15.8. The highest BCUT2D eigenvalue weighted by molar-refractivity contribution is 9.10. The fourth-order valence-electron chi connectivity index (χ4n) is 3.59. The van der Waals surface area contributed by atoms with Gasteiger partial charge < -0.3 is 15.0 Å². The molecule has 132 valence electrons. The molecule has 2 heterocycles. The minimum absolute atomic E-state index is 0.277. The number of piperazine rings is 1. The largest absolute Gasteiger partial charge is 0.496 e. The van der Waals surface area contributed by atoms with Crippen LogP contribution >= 0.6 is 15.9 Å². The average molecular weight is 396 g/mol. The second-order valence-electron chi connectivity index (χ2n) is 6.54. The van der Waals surface area contributed by atoms with E-state index in [0.29, 0.717) is 12.5 Å². The molecule has 2 aliphatic rings. The van der Waals surface area contributed by atoms with Crippen LogP contribution in [0.5, 0.6) is 5.75 Å². The summed E-state index contributed by atoms with van der Waals surface area (Å²) in [5.74, 6) is 1.10. The Morgan fingerprint density at radius 3 is 2.83 bits per heavy atom. The molecule has 1 aromatic carbocycles. The first-order valence-electron chi connectivity index (χ1n) is 8.72. The van der Waals surface area contributed by atoms with E-state index in [2.05, 4.69) is 26.1 Å². The molecular weight excluding hydrogens is 370 g/mol. The van der Waals surface area contributed by atoms with Gasteiger partial charge in [-0.2, -0.15) is 0 Å². The van der Waals surface area contributed by atoms with Crippen LogP contribution in [0.25, 0.3) is 0 Å². The summed E-state index contributed by atoms with van der Waals surface area (Å²) < 4.78 is 6.18. The zero-order valence-electron chi connectivity index (χ0n) is 14.3. The second-order valence-corrected chi connectivity index (χ2v) is 7.39. The van der Waals surface area contributed by atoms with Gasteiger partial charge in [0.15, 0.2) is 0 Å². The minimum atomic E-state index is 0.277. The lowest BCUT2D eigenvalue weighted by Crippen LogP contribution is -2.49. The van der Waals surface area contributed by atoms with E-state index in [9.17, 15) is 4.79 Å². The highest BCUT2D eigenvalue weighted by atomic mass is 79.9. The van der Waals surface area contributed by atoms with Gasteiger partial charge in [-0.05, 0) is 46.5 Å². The smallest absolute Gasteiger partial charge is 0.222 e. The van der Waals surface area contributed by atoms with Crippen molar-refractivity contribution in [3.63, 3.8) is 0 Å². The van der Waals surface area contributed by atoms with Crippen molar-refractivity contribution in [2.24, 2.45) is 0 Å². The summed E-state index contributed by atoms with van der Waals surface area (Å²) in [5, 5.41) is 3.39. The molecule has 0 spiro atoms. The normalized spacial score (nSPS) is 21.9. The highest BCUT2D eigenvalue weighted by Crippen LogP contribution is 2.26. The summed E-state index contributed by atoms with van der Waals surface area (Å²) in [7, 11) is 1.66. The van der Waals surface area contributed by atoms with Gasteiger partial charge in [0.05, 0.1) is 11.6 Å². The van der Waals surface area contributed by atoms with Crippen LogP contribution in [-0.2, 0) is 11.2 Å². The number of carbonyl (C=O) groups excluding carboxylic acids is 1. The van der Waals surface area contributed by atoms with E-state index in [1.165, 1.54) is 0 Å². The van der Waals surface area contributed by atoms with E-state index >= 15 is 0 Å². The van der Waals surface area contributed by atoms with Crippen LogP contribution in [0, 0.1) is 0 Å². The molecule has 0 bridgehead atoms. The fourth-order valence-corrected chi connectivity index (χ4v) is 4.18. The second kappa shape index (κ2) is 8.32. The van der Waals surface area contributed by atoms with E-state index in [-0.39, 0.29) is 5.91 Å². The molecule has 2 saturated heterocycles. The van der Waals surface area contributed by atoms with Gasteiger partial charge in [0.2, 0.25) is 5.91 Å². The molecule has 1 N–H and O–H groups in total. The zero-order chi connectivity index (χ0) is 16.9. The number of hydrogen-bond donors (Lipinski definition) is 1. The number of benzene rings is 1. The van der Waals surface area contributed by atoms with Crippen molar-refractivity contribution in [1.29, 1.82) is 0 Å². The van der Waals surface area contributed by atoms with E-state index in [4.69, 9.17) is 4.74 Å². The lowest BCUT2D eigenvalue weighted by atomic mass is 10.1. The third-order valence-electron chi connectivity index (χ3n) is 5.03. The van der Waals surface area contributed by atoms with Gasteiger partial charge in [-0.15, -0.1) is 0 Å². The number of methoxy groups -OCH3 is 1. The van der Waals surface area contributed by atoms with Crippen LogP contribution in [-0.4, -0.2) is 68.1 Å². The van der Waals surface area contributed by atoms with Gasteiger partial charge in [0.25, 0.3) is 0 Å². The SMILES string of the molecule is COc1ccc(CCC(=O)N2CCC(N3CCNCC3)C2)cc1Br. The van der Waals surface area contributed by atoms with Crippen LogP contribution in [0.3, 0.4) is 0 Å². The maximum Gasteiger partial charge on any atom is 0.222 e. The van der Waals surface area contributed by atoms with Crippen molar-refractivity contribution in [3.05, 3.63) is 28.2 Å². The Bertz CT molecular complexity index is 575. The third kappa shape index (κ3) is 4.29. The topological polar surface area (TPSA) is 44.8 Å². The first kappa shape index (κ1) is 17.7. The van der Waals surface area contributed by atoms with Gasteiger partial charge in [-0.3, -0.25) is 9.69 Å². The number of nitrogens with zero attached hydrogens (tertiary/aromatic N) is 2. The summed E-state index contributed by atoms with van der Waals surface area (Å²) in [4.78, 5) is 17.1. The Labute approximate surface area is 152 Å². The molecule has 2 fully saturated rings. The Morgan fingerprint density at radius 1 is 1.33 bits per heavy atom. The summed E-state index contributed by atoms with van der Waals surface area (Å²) in [6, 6.07) is 6.57. The van der Waals surface area contributed by atoms with E-state index in [1.54, 1.807) is 7.11 Å². The van der Waals surface area contributed by atoms with Crippen molar-refractivity contribution in [2.75, 3.05) is 46.4 Å². The van der Waals surface area contributed by atoms with Gasteiger partial charge in [0.1, 0.15) is 5.75 Å². The van der Waals surface area contributed by atoms with E-state index < -0.39 is 0 Å². The van der Waals surface area contributed by atoms with Gasteiger partial charge in [0, 0.05) is 51.7 Å². The fraction of sp³-hybridized carbons (Fsp3) is 0.611. The summed E-state index contributed by atoms with van der Waals surface area (Å²) in [6.07, 6.45) is 2.46. The number of carbonyl (C=O) groups is 1. The molecule has 2 aliphatic heterocycles. The maximum absolute atomic E-state index is 12.5. The monoisotopic (exact) mass is 395 g/mol. The average Bonchev–Trinajstić information content (AvgIpc) is 3.11. The van der Waals surface area contributed by atoms with Crippen LogP contribution in [0.1, 0.15) is 18.4 Å². The molecule has 6 heteroatoms. The van der Waals surface area contributed by atoms with Crippen molar-refractivity contribution in [2.45, 2.75) is 25.3 Å². The molecule has 3 rings (SSSR count). The maximum atomic E-state index is 12.5. The summed E-state index contributed by atoms with van der Waals surface area (Å²) in [5.41, 5.74) is 1.16. The molecule has 0 aliphatic carbocycles. The minimum Gasteiger partial charge on any atom is -0.496 e. The van der Waals surface area contributed by atoms with Crippen molar-refractivity contribution in [3.8, 4) is 5.75 Å². The number of nitrogens with one attached hydrogen (secondary N) is 1. The van der Waals surface area contributed by atoms with Crippen molar-refractivity contribution < 1.29 is 9.53 Å². The van der Waals surface area contributed by atoms with E-state index in [1.807, 2.05) is 23.1 Å². The summed E-state index contributed by atoms with van der Waals surface area (Å²) >= 11 is 3.50. The Kier molecular flexibility index (Phi) is 6.14. The van der Waals surface area contributed by atoms with Crippen LogP contribution in [0.15, 0.2) is 22.7 Å². The third-order valence-corrected chi connectivity index (χ3v) is 5.65. The number of likely N-dealkylation sites (tertiary alicyclic amines) is 1.